The standard InChI is InChI=1S/C28H34O7/c1-18(2)25(29)32-16-24(17-33-27(31)28(5,6)7)34-22-12-8-20(9-13-22)21-10-14-23(15-11-21)35-26(30)19(3)4/h8-15,24,26,30H,1,3,16-17H2,2,4-7H3. The summed E-state index contributed by atoms with van der Waals surface area (Å²) in [5, 5.41) is 9.78. The Bertz CT molecular complexity index is 1030. The van der Waals surface area contributed by atoms with Gasteiger partial charge >= 0.3 is 11.9 Å². The maximum absolute atomic E-state index is 12.2. The maximum atomic E-state index is 12.2. The van der Waals surface area contributed by atoms with Crippen LogP contribution < -0.4 is 9.47 Å². The van der Waals surface area contributed by atoms with Crippen LogP contribution in [-0.2, 0) is 19.1 Å². The zero-order chi connectivity index (χ0) is 26.2. The number of esters is 2. The molecule has 1 N–H and O–H groups in total. The molecule has 0 bridgehead atoms. The van der Waals surface area contributed by atoms with E-state index in [9.17, 15) is 14.7 Å². The molecular formula is C28H34O7. The van der Waals surface area contributed by atoms with E-state index in [0.717, 1.165) is 11.1 Å². The minimum absolute atomic E-state index is 0.0706. The molecule has 0 aromatic heterocycles. The molecule has 2 rings (SSSR count). The lowest BCUT2D eigenvalue weighted by atomic mass is 9.97. The smallest absolute Gasteiger partial charge is 0.333 e. The van der Waals surface area contributed by atoms with Gasteiger partial charge in [0.1, 0.15) is 24.7 Å². The van der Waals surface area contributed by atoms with Gasteiger partial charge in [-0.3, -0.25) is 4.79 Å². The zero-order valence-electron chi connectivity index (χ0n) is 21.0. The van der Waals surface area contributed by atoms with Crippen molar-refractivity contribution in [3.8, 4) is 22.6 Å². The van der Waals surface area contributed by atoms with E-state index in [2.05, 4.69) is 13.2 Å². The van der Waals surface area contributed by atoms with Crippen LogP contribution >= 0.6 is 0 Å². The topological polar surface area (TPSA) is 91.3 Å². The molecule has 0 aliphatic rings. The third-order valence-electron chi connectivity index (χ3n) is 4.78. The fourth-order valence-corrected chi connectivity index (χ4v) is 2.67. The molecule has 0 heterocycles. The molecule has 7 heteroatoms. The lowest BCUT2D eigenvalue weighted by molar-refractivity contribution is -0.157. The summed E-state index contributed by atoms with van der Waals surface area (Å²) in [6.07, 6.45) is -1.74. The summed E-state index contributed by atoms with van der Waals surface area (Å²) in [7, 11) is 0. The summed E-state index contributed by atoms with van der Waals surface area (Å²) in [4.78, 5) is 24.0. The van der Waals surface area contributed by atoms with Crippen LogP contribution in [0.1, 0.15) is 34.6 Å². The van der Waals surface area contributed by atoms with Gasteiger partial charge in [0, 0.05) is 5.57 Å². The first-order valence-electron chi connectivity index (χ1n) is 11.2. The highest BCUT2D eigenvalue weighted by molar-refractivity contribution is 5.86. The van der Waals surface area contributed by atoms with Gasteiger partial charge in [0.15, 0.2) is 6.10 Å². The first-order valence-corrected chi connectivity index (χ1v) is 11.2. The van der Waals surface area contributed by atoms with Crippen molar-refractivity contribution in [2.75, 3.05) is 13.2 Å². The van der Waals surface area contributed by atoms with E-state index >= 15 is 0 Å². The van der Waals surface area contributed by atoms with Crippen LogP contribution in [0.4, 0.5) is 0 Å². The molecule has 35 heavy (non-hydrogen) atoms. The van der Waals surface area contributed by atoms with E-state index in [-0.39, 0.29) is 24.8 Å². The molecule has 0 saturated heterocycles. The van der Waals surface area contributed by atoms with Crippen molar-refractivity contribution in [2.24, 2.45) is 5.41 Å². The fraction of sp³-hybridized carbons (Fsp3) is 0.357. The summed E-state index contributed by atoms with van der Waals surface area (Å²) in [5.41, 5.74) is 2.01. The molecular weight excluding hydrogens is 448 g/mol. The number of hydrogen-bond acceptors (Lipinski definition) is 7. The average Bonchev–Trinajstić information content (AvgIpc) is 2.80. The van der Waals surface area contributed by atoms with Crippen LogP contribution in [0, 0.1) is 5.41 Å². The van der Waals surface area contributed by atoms with Crippen LogP contribution in [0.2, 0.25) is 0 Å². The predicted octanol–water partition coefficient (Wildman–Crippen LogP) is 5.08. The van der Waals surface area contributed by atoms with E-state index < -0.39 is 23.8 Å². The first kappa shape index (κ1) is 27.7. The van der Waals surface area contributed by atoms with Gasteiger partial charge in [-0.1, -0.05) is 37.4 Å². The number of aliphatic hydroxyl groups is 1. The Hall–Kier alpha value is -3.58. The number of benzene rings is 2. The Labute approximate surface area is 207 Å². The van der Waals surface area contributed by atoms with E-state index in [4.69, 9.17) is 18.9 Å². The molecule has 2 atom stereocenters. The normalized spacial score (nSPS) is 12.7. The van der Waals surface area contributed by atoms with Gasteiger partial charge < -0.3 is 24.1 Å². The quantitative estimate of drug-likeness (QED) is 0.207. The fourth-order valence-electron chi connectivity index (χ4n) is 2.67. The van der Waals surface area contributed by atoms with Gasteiger partial charge in [-0.25, -0.2) is 4.79 Å². The second-order valence-electron chi connectivity index (χ2n) is 9.33. The predicted molar refractivity (Wildman–Crippen MR) is 134 cm³/mol. The van der Waals surface area contributed by atoms with E-state index in [1.54, 1.807) is 58.9 Å². The van der Waals surface area contributed by atoms with Crippen LogP contribution in [-0.4, -0.2) is 42.7 Å². The third-order valence-corrected chi connectivity index (χ3v) is 4.78. The number of hydrogen-bond donors (Lipinski definition) is 1. The molecule has 0 radical (unpaired) electrons. The lowest BCUT2D eigenvalue weighted by Gasteiger charge is -2.22. The Morgan fingerprint density at radius 3 is 1.71 bits per heavy atom. The van der Waals surface area contributed by atoms with Crippen molar-refractivity contribution in [2.45, 2.75) is 47.0 Å². The second kappa shape index (κ2) is 12.2. The van der Waals surface area contributed by atoms with Crippen LogP contribution in [0.5, 0.6) is 11.5 Å². The highest BCUT2D eigenvalue weighted by Crippen LogP contribution is 2.26. The summed E-state index contributed by atoms with van der Waals surface area (Å²) in [6.45, 7) is 15.6. The van der Waals surface area contributed by atoms with Gasteiger partial charge in [0.2, 0.25) is 6.29 Å². The minimum Gasteiger partial charge on any atom is -0.483 e. The molecule has 0 aliphatic carbocycles. The molecule has 7 nitrogen and oxygen atoms in total. The summed E-state index contributed by atoms with van der Waals surface area (Å²) >= 11 is 0. The molecule has 2 aromatic rings. The maximum Gasteiger partial charge on any atom is 0.333 e. The average molecular weight is 483 g/mol. The van der Waals surface area contributed by atoms with Crippen LogP contribution in [0.3, 0.4) is 0 Å². The molecule has 0 saturated carbocycles. The van der Waals surface area contributed by atoms with Crippen molar-refractivity contribution in [3.05, 3.63) is 72.8 Å². The zero-order valence-corrected chi connectivity index (χ0v) is 21.0. The SMILES string of the molecule is C=C(C)C(=O)OCC(COC(=O)C(C)(C)C)Oc1ccc(-c2ccc(OC(O)C(=C)C)cc2)cc1. The van der Waals surface area contributed by atoms with Gasteiger partial charge in [0.25, 0.3) is 0 Å². The Morgan fingerprint density at radius 2 is 1.29 bits per heavy atom. The number of rotatable bonds is 11. The summed E-state index contributed by atoms with van der Waals surface area (Å²) < 4.78 is 21.9. The molecule has 0 spiro atoms. The molecule has 0 fully saturated rings. The molecule has 0 amide bonds. The van der Waals surface area contributed by atoms with Crippen LogP contribution in [0.25, 0.3) is 11.1 Å². The monoisotopic (exact) mass is 482 g/mol. The minimum atomic E-state index is -1.05. The van der Waals surface area contributed by atoms with E-state index in [1.165, 1.54) is 0 Å². The van der Waals surface area contributed by atoms with Gasteiger partial charge in [-0.15, -0.1) is 0 Å². The molecule has 0 aliphatic heterocycles. The van der Waals surface area contributed by atoms with Crippen molar-refractivity contribution < 1.29 is 33.6 Å². The second-order valence-corrected chi connectivity index (χ2v) is 9.33. The van der Waals surface area contributed by atoms with Gasteiger partial charge in [-0.05, 0) is 75.6 Å². The van der Waals surface area contributed by atoms with Crippen LogP contribution in [0.15, 0.2) is 72.8 Å². The lowest BCUT2D eigenvalue weighted by Crippen LogP contribution is -2.33. The summed E-state index contributed by atoms with van der Waals surface area (Å²) in [6, 6.07) is 14.6. The van der Waals surface area contributed by atoms with Crippen molar-refractivity contribution in [1.29, 1.82) is 0 Å². The van der Waals surface area contributed by atoms with Crippen molar-refractivity contribution in [3.63, 3.8) is 0 Å². The Kier molecular flexibility index (Phi) is 9.66. The molecule has 2 aromatic carbocycles. The Morgan fingerprint density at radius 1 is 0.829 bits per heavy atom. The summed E-state index contributed by atoms with van der Waals surface area (Å²) in [5.74, 6) is 0.137. The number of ether oxygens (including phenoxy) is 4. The molecule has 188 valence electrons. The highest BCUT2D eigenvalue weighted by Gasteiger charge is 2.25. The first-order chi connectivity index (χ1) is 16.4. The van der Waals surface area contributed by atoms with Gasteiger partial charge in [0.05, 0.1) is 5.41 Å². The largest absolute Gasteiger partial charge is 0.483 e. The van der Waals surface area contributed by atoms with E-state index in [1.807, 2.05) is 24.3 Å². The highest BCUT2D eigenvalue weighted by atomic mass is 16.6. The molecule has 2 unspecified atom stereocenters. The van der Waals surface area contributed by atoms with E-state index in [0.29, 0.717) is 17.1 Å². The van der Waals surface area contributed by atoms with Crippen molar-refractivity contribution in [1.82, 2.24) is 0 Å². The number of aliphatic hydroxyl groups excluding tert-OH is 1. The third kappa shape index (κ3) is 8.94. The van der Waals surface area contributed by atoms with Gasteiger partial charge in [-0.2, -0.15) is 0 Å². The Balaban J connectivity index is 2.07. The number of carbonyl (C=O) groups excluding carboxylic acids is 2. The number of carbonyl (C=O) groups is 2. The van der Waals surface area contributed by atoms with Crippen molar-refractivity contribution >= 4 is 11.9 Å².